The summed E-state index contributed by atoms with van der Waals surface area (Å²) in [4.78, 5) is 12.9. The lowest BCUT2D eigenvalue weighted by Crippen LogP contribution is -1.99. The van der Waals surface area contributed by atoms with Gasteiger partial charge in [0.1, 0.15) is 0 Å². The Morgan fingerprint density at radius 1 is 0.625 bits per heavy atom. The second-order valence-electron chi connectivity index (χ2n) is 6.11. The second-order valence-corrected chi connectivity index (χ2v) is 6.11. The predicted molar refractivity (Wildman–Crippen MR) is 98.5 cm³/mol. The first-order chi connectivity index (χ1) is 11.8. The monoisotopic (exact) mass is 310 g/mol. The van der Waals surface area contributed by atoms with E-state index in [-0.39, 0.29) is 11.7 Å². The van der Waals surface area contributed by atoms with E-state index in [1.807, 2.05) is 66.7 Å². The highest BCUT2D eigenvalue weighted by atomic mass is 16.1. The second kappa shape index (κ2) is 6.29. The lowest BCUT2D eigenvalue weighted by molar-refractivity contribution is -0.113. The van der Waals surface area contributed by atoms with Gasteiger partial charge < -0.3 is 0 Å². The van der Waals surface area contributed by atoms with Gasteiger partial charge in [0, 0.05) is 17.9 Å². The molecule has 0 saturated carbocycles. The molecule has 0 spiro atoms. The van der Waals surface area contributed by atoms with E-state index in [4.69, 9.17) is 0 Å². The highest BCUT2D eigenvalue weighted by Crippen LogP contribution is 2.46. The molecule has 1 nitrogen and oxygen atoms in total. The summed E-state index contributed by atoms with van der Waals surface area (Å²) >= 11 is 0. The molecule has 1 aliphatic rings. The first-order valence-electron chi connectivity index (χ1n) is 8.28. The molecule has 0 N–H and O–H groups in total. The van der Waals surface area contributed by atoms with Crippen molar-refractivity contribution in [1.82, 2.24) is 0 Å². The summed E-state index contributed by atoms with van der Waals surface area (Å²) in [5.41, 5.74) is 5.38. The van der Waals surface area contributed by atoms with Crippen LogP contribution in [-0.4, -0.2) is 5.78 Å². The van der Waals surface area contributed by atoms with Gasteiger partial charge in [0.05, 0.1) is 0 Å². The van der Waals surface area contributed by atoms with Crippen LogP contribution in [-0.2, 0) is 4.79 Å². The Morgan fingerprint density at radius 3 is 1.71 bits per heavy atom. The average Bonchev–Trinajstić information content (AvgIpc) is 3.01. The number of carbonyl (C=O) groups is 1. The fourth-order valence-electron chi connectivity index (χ4n) is 3.57. The highest BCUT2D eigenvalue weighted by molar-refractivity contribution is 6.32. The van der Waals surface area contributed by atoms with Crippen molar-refractivity contribution in [2.24, 2.45) is 0 Å². The number of allylic oxidation sites excluding steroid dienone is 2. The van der Waals surface area contributed by atoms with Crippen molar-refractivity contribution in [2.45, 2.75) is 12.3 Å². The molecule has 0 fully saturated rings. The molecule has 0 unspecified atom stereocenters. The molecule has 0 heterocycles. The fourth-order valence-corrected chi connectivity index (χ4v) is 3.57. The van der Waals surface area contributed by atoms with Crippen LogP contribution in [0, 0.1) is 0 Å². The number of carbonyl (C=O) groups excluding carboxylic acids is 1. The summed E-state index contributed by atoms with van der Waals surface area (Å²) in [6, 6.07) is 30.7. The van der Waals surface area contributed by atoms with E-state index in [2.05, 4.69) is 24.3 Å². The van der Waals surface area contributed by atoms with Gasteiger partial charge in [0.2, 0.25) is 0 Å². The Balaban J connectivity index is 1.95. The van der Waals surface area contributed by atoms with Crippen molar-refractivity contribution in [3.05, 3.63) is 108 Å². The zero-order valence-corrected chi connectivity index (χ0v) is 13.4. The highest BCUT2D eigenvalue weighted by Gasteiger charge is 2.34. The quantitative estimate of drug-likeness (QED) is 0.637. The Bertz CT molecular complexity index is 877. The number of ketones is 1. The molecule has 3 aromatic carbocycles. The molecule has 116 valence electrons. The third kappa shape index (κ3) is 2.59. The van der Waals surface area contributed by atoms with Gasteiger partial charge >= 0.3 is 0 Å². The zero-order valence-electron chi connectivity index (χ0n) is 13.4. The van der Waals surface area contributed by atoms with Crippen molar-refractivity contribution in [2.75, 3.05) is 0 Å². The summed E-state index contributed by atoms with van der Waals surface area (Å²) in [6.07, 6.45) is 0.540. The molecule has 1 heteroatoms. The van der Waals surface area contributed by atoms with E-state index in [0.29, 0.717) is 6.42 Å². The summed E-state index contributed by atoms with van der Waals surface area (Å²) in [5.74, 6) is 0.352. The van der Waals surface area contributed by atoms with E-state index in [1.54, 1.807) is 0 Å². The van der Waals surface area contributed by atoms with Crippen LogP contribution in [0.3, 0.4) is 0 Å². The number of Topliss-reactive ketones (excluding diaryl/α,β-unsaturated/α-hetero) is 1. The standard InChI is InChI=1S/C23H18O/c24-21-16-20(17-10-4-1-5-11-17)22(18-12-6-2-7-13-18)23(21)19-14-8-3-9-15-19/h1-15,20H,16H2/t20-/m0/s1. The summed E-state index contributed by atoms with van der Waals surface area (Å²) in [6.45, 7) is 0. The van der Waals surface area contributed by atoms with E-state index >= 15 is 0 Å². The van der Waals surface area contributed by atoms with Crippen LogP contribution in [0.25, 0.3) is 11.1 Å². The molecule has 1 aliphatic carbocycles. The minimum Gasteiger partial charge on any atom is -0.294 e. The van der Waals surface area contributed by atoms with Crippen molar-refractivity contribution in [3.8, 4) is 0 Å². The number of benzene rings is 3. The molecule has 0 bridgehead atoms. The largest absolute Gasteiger partial charge is 0.294 e. The van der Waals surface area contributed by atoms with E-state index in [9.17, 15) is 4.79 Å². The molecule has 0 aromatic heterocycles. The van der Waals surface area contributed by atoms with Gasteiger partial charge in [-0.05, 0) is 22.3 Å². The average molecular weight is 310 g/mol. The number of hydrogen-bond donors (Lipinski definition) is 0. The van der Waals surface area contributed by atoms with Gasteiger partial charge in [-0.3, -0.25) is 4.79 Å². The fraction of sp³-hybridized carbons (Fsp3) is 0.0870. The molecular formula is C23H18O. The maximum Gasteiger partial charge on any atom is 0.164 e. The molecule has 24 heavy (non-hydrogen) atoms. The van der Waals surface area contributed by atoms with E-state index < -0.39 is 0 Å². The van der Waals surface area contributed by atoms with Crippen LogP contribution in [0.15, 0.2) is 91.0 Å². The smallest absolute Gasteiger partial charge is 0.164 e. The van der Waals surface area contributed by atoms with Gasteiger partial charge in [-0.1, -0.05) is 91.0 Å². The van der Waals surface area contributed by atoms with Crippen molar-refractivity contribution in [3.63, 3.8) is 0 Å². The van der Waals surface area contributed by atoms with Gasteiger partial charge in [-0.25, -0.2) is 0 Å². The topological polar surface area (TPSA) is 17.1 Å². The molecule has 0 radical (unpaired) electrons. The maximum atomic E-state index is 12.9. The van der Waals surface area contributed by atoms with Crippen LogP contribution >= 0.6 is 0 Å². The SMILES string of the molecule is O=C1C[C@@H](c2ccccc2)C(c2ccccc2)=C1c1ccccc1. The normalized spacial score (nSPS) is 17.3. The Kier molecular flexibility index (Phi) is 3.84. The molecule has 0 amide bonds. The van der Waals surface area contributed by atoms with Crippen molar-refractivity contribution < 1.29 is 4.79 Å². The van der Waals surface area contributed by atoms with Crippen molar-refractivity contribution >= 4 is 16.9 Å². The number of hydrogen-bond acceptors (Lipinski definition) is 1. The van der Waals surface area contributed by atoms with Crippen LogP contribution in [0.5, 0.6) is 0 Å². The van der Waals surface area contributed by atoms with Gasteiger partial charge in [-0.15, -0.1) is 0 Å². The van der Waals surface area contributed by atoms with Crippen LogP contribution < -0.4 is 0 Å². The summed E-state index contributed by atoms with van der Waals surface area (Å²) < 4.78 is 0. The van der Waals surface area contributed by atoms with Crippen LogP contribution in [0.2, 0.25) is 0 Å². The summed E-state index contributed by atoms with van der Waals surface area (Å²) in [7, 11) is 0. The first kappa shape index (κ1) is 14.6. The molecular weight excluding hydrogens is 292 g/mol. The zero-order chi connectivity index (χ0) is 16.4. The maximum absolute atomic E-state index is 12.9. The predicted octanol–water partition coefficient (Wildman–Crippen LogP) is 5.35. The first-order valence-corrected chi connectivity index (χ1v) is 8.28. The third-order valence-electron chi connectivity index (χ3n) is 4.64. The lowest BCUT2D eigenvalue weighted by atomic mass is 9.87. The minimum absolute atomic E-state index is 0.122. The Morgan fingerprint density at radius 2 is 1.12 bits per heavy atom. The lowest BCUT2D eigenvalue weighted by Gasteiger charge is -2.16. The third-order valence-corrected chi connectivity index (χ3v) is 4.64. The molecule has 0 saturated heterocycles. The summed E-state index contributed by atoms with van der Waals surface area (Å²) in [5, 5.41) is 0. The van der Waals surface area contributed by atoms with Gasteiger partial charge in [-0.2, -0.15) is 0 Å². The van der Waals surface area contributed by atoms with E-state index in [0.717, 1.165) is 22.3 Å². The van der Waals surface area contributed by atoms with Crippen molar-refractivity contribution in [1.29, 1.82) is 0 Å². The number of rotatable bonds is 3. The molecule has 4 rings (SSSR count). The Labute approximate surface area is 142 Å². The van der Waals surface area contributed by atoms with E-state index in [1.165, 1.54) is 5.56 Å². The minimum atomic E-state index is 0.122. The van der Waals surface area contributed by atoms with Gasteiger partial charge in [0.25, 0.3) is 0 Å². The van der Waals surface area contributed by atoms with Gasteiger partial charge in [0.15, 0.2) is 5.78 Å². The van der Waals surface area contributed by atoms with Crippen LogP contribution in [0.4, 0.5) is 0 Å². The molecule has 3 aromatic rings. The molecule has 0 aliphatic heterocycles. The Hall–Kier alpha value is -2.93. The van der Waals surface area contributed by atoms with Crippen LogP contribution in [0.1, 0.15) is 29.0 Å². The molecule has 1 atom stereocenters.